The average molecular weight is 684 g/mol. The maximum atomic E-state index is 13.6. The van der Waals surface area contributed by atoms with Crippen molar-refractivity contribution in [2.24, 2.45) is 22.9 Å². The van der Waals surface area contributed by atoms with E-state index in [4.69, 9.17) is 28.9 Å². The molecule has 1 amide bonds. The van der Waals surface area contributed by atoms with E-state index in [1.807, 2.05) is 26.0 Å². The van der Waals surface area contributed by atoms with E-state index in [1.54, 1.807) is 11.0 Å². The van der Waals surface area contributed by atoms with Crippen molar-refractivity contribution in [3.05, 3.63) is 48.1 Å². The van der Waals surface area contributed by atoms with Gasteiger partial charge in [0.05, 0.1) is 25.3 Å². The van der Waals surface area contributed by atoms with Crippen LogP contribution in [0.2, 0.25) is 0 Å². The number of oxime groups is 1. The fourth-order valence-corrected chi connectivity index (χ4v) is 8.20. The first-order valence-electron chi connectivity index (χ1n) is 18.4. The van der Waals surface area contributed by atoms with Crippen LogP contribution < -0.4 is 9.47 Å². The molecule has 1 aromatic rings. The molecule has 0 spiro atoms. The van der Waals surface area contributed by atoms with Gasteiger partial charge in [-0.2, -0.15) is 0 Å². The molecule has 0 radical (unpaired) electrons. The molecule has 11 nitrogen and oxygen atoms in total. The van der Waals surface area contributed by atoms with Crippen molar-refractivity contribution in [1.82, 2.24) is 9.80 Å². The van der Waals surface area contributed by atoms with E-state index in [2.05, 4.69) is 23.6 Å². The molecular weight excluding hydrogens is 626 g/mol. The van der Waals surface area contributed by atoms with Gasteiger partial charge in [0.25, 0.3) is 0 Å². The number of benzene rings is 1. The first kappa shape index (κ1) is 37.1. The lowest BCUT2D eigenvalue weighted by molar-refractivity contribution is -0.255. The summed E-state index contributed by atoms with van der Waals surface area (Å²) < 4.78 is 25.8. The molecule has 2 N–H and O–H groups in total. The van der Waals surface area contributed by atoms with Gasteiger partial charge < -0.3 is 34.0 Å². The number of nitrogens with zero attached hydrogens (tertiary/aromatic N) is 3. The third kappa shape index (κ3) is 8.27. The Bertz CT molecular complexity index is 1320. The molecule has 2 heterocycles. The van der Waals surface area contributed by atoms with Gasteiger partial charge in [-0.05, 0) is 74.6 Å². The number of allylic oxidation sites excluding steroid dienone is 1. The molecule has 0 aromatic heterocycles. The fraction of sp³-hybridized carbons (Fsp3) is 0.684. The number of hydrogen-bond donors (Lipinski definition) is 2. The summed E-state index contributed by atoms with van der Waals surface area (Å²) in [7, 11) is 1.40. The first-order chi connectivity index (χ1) is 24.0. The van der Waals surface area contributed by atoms with E-state index in [0.717, 1.165) is 74.3 Å². The normalized spacial score (nSPS) is 27.7. The second-order valence-electron chi connectivity index (χ2n) is 13.5. The highest BCUT2D eigenvalue weighted by Crippen LogP contribution is 2.62. The largest absolute Gasteiger partial charge is 0.492 e. The van der Waals surface area contributed by atoms with Gasteiger partial charge in [0, 0.05) is 57.3 Å². The van der Waals surface area contributed by atoms with Crippen molar-refractivity contribution in [3.8, 4) is 11.5 Å². The molecule has 272 valence electrons. The number of hydrogen-bond acceptors (Lipinski definition) is 10. The lowest BCUT2D eigenvalue weighted by atomic mass is 9.55. The minimum Gasteiger partial charge on any atom is -0.492 e. The fourth-order valence-electron chi connectivity index (χ4n) is 8.20. The number of carbonyl (C=O) groups excluding carboxylic acids is 1. The van der Waals surface area contributed by atoms with Crippen molar-refractivity contribution in [3.63, 3.8) is 0 Å². The van der Waals surface area contributed by atoms with Gasteiger partial charge in [-0.25, -0.2) is 4.79 Å². The predicted molar refractivity (Wildman–Crippen MR) is 188 cm³/mol. The monoisotopic (exact) mass is 683 g/mol. The molecule has 0 bridgehead atoms. The molecule has 6 unspecified atom stereocenters. The molecule has 1 aromatic carbocycles. The van der Waals surface area contributed by atoms with E-state index < -0.39 is 17.9 Å². The number of unbranched alkanes of at least 4 members (excludes halogenated alkanes) is 2. The van der Waals surface area contributed by atoms with Gasteiger partial charge in [-0.1, -0.05) is 37.1 Å². The zero-order valence-corrected chi connectivity index (χ0v) is 29.7. The summed E-state index contributed by atoms with van der Waals surface area (Å²) in [6.07, 6.45) is 9.65. The number of aliphatic hydroxyl groups is 2. The van der Waals surface area contributed by atoms with Gasteiger partial charge in [0.2, 0.25) is 5.79 Å². The molecule has 2 fully saturated rings. The van der Waals surface area contributed by atoms with E-state index in [-0.39, 0.29) is 43.5 Å². The van der Waals surface area contributed by atoms with Crippen LogP contribution in [0.15, 0.2) is 47.7 Å². The second-order valence-corrected chi connectivity index (χ2v) is 13.5. The summed E-state index contributed by atoms with van der Waals surface area (Å²) in [5, 5.41) is 24.2. The molecule has 49 heavy (non-hydrogen) atoms. The zero-order chi connectivity index (χ0) is 34.8. The van der Waals surface area contributed by atoms with Crippen LogP contribution >= 0.6 is 0 Å². The van der Waals surface area contributed by atoms with Crippen LogP contribution in [0.4, 0.5) is 4.79 Å². The zero-order valence-electron chi connectivity index (χ0n) is 29.7. The number of rotatable bonds is 20. The second kappa shape index (κ2) is 17.7. The molecule has 5 rings (SSSR count). The molecule has 11 heteroatoms. The Kier molecular flexibility index (Phi) is 13.4. The van der Waals surface area contributed by atoms with Crippen LogP contribution in [0.5, 0.6) is 11.5 Å². The van der Waals surface area contributed by atoms with Gasteiger partial charge in [0.15, 0.2) is 0 Å². The number of carbonyl (C=O) groups is 1. The first-order valence-corrected chi connectivity index (χ1v) is 18.4. The Hall–Kier alpha value is -3.12. The molecule has 2 aliphatic heterocycles. The Labute approximate surface area is 291 Å². The molecule has 1 saturated heterocycles. The minimum absolute atomic E-state index is 0.0853. The van der Waals surface area contributed by atoms with Gasteiger partial charge >= 0.3 is 6.09 Å². The third-order valence-electron chi connectivity index (χ3n) is 10.4. The quantitative estimate of drug-likeness (QED) is 0.0793. The number of ether oxygens (including phenoxy) is 4. The predicted octanol–water partition coefficient (Wildman–Crippen LogP) is 5.51. The smallest absolute Gasteiger partial charge is 0.409 e. The van der Waals surface area contributed by atoms with E-state index in [9.17, 15) is 15.0 Å². The number of fused-ring (bicyclic) bond motifs is 2. The minimum atomic E-state index is -1.28. The Balaban J connectivity index is 1.72. The van der Waals surface area contributed by atoms with Crippen molar-refractivity contribution >= 4 is 11.8 Å². The molecule has 2 aliphatic carbocycles. The van der Waals surface area contributed by atoms with Gasteiger partial charge in [-0.15, -0.1) is 6.58 Å². The number of amides is 1. The summed E-state index contributed by atoms with van der Waals surface area (Å²) >= 11 is 0. The Morgan fingerprint density at radius 1 is 1.16 bits per heavy atom. The lowest BCUT2D eigenvalue weighted by Crippen LogP contribution is -2.70. The maximum absolute atomic E-state index is 13.6. The van der Waals surface area contributed by atoms with Crippen molar-refractivity contribution < 1.29 is 38.8 Å². The van der Waals surface area contributed by atoms with E-state index in [0.29, 0.717) is 44.8 Å². The van der Waals surface area contributed by atoms with Gasteiger partial charge in [-0.3, -0.25) is 9.80 Å². The van der Waals surface area contributed by atoms with E-state index in [1.165, 1.54) is 7.11 Å². The summed E-state index contributed by atoms with van der Waals surface area (Å²) in [5.74, 6) is 0.129. The summed E-state index contributed by atoms with van der Waals surface area (Å²) in [5.41, 5.74) is 2.85. The van der Waals surface area contributed by atoms with Crippen molar-refractivity contribution in [2.45, 2.75) is 83.0 Å². The summed E-state index contributed by atoms with van der Waals surface area (Å²) in [4.78, 5) is 23.4. The number of aliphatic hydroxyl groups excluding tert-OH is 2. The highest BCUT2D eigenvalue weighted by atomic mass is 16.7. The van der Waals surface area contributed by atoms with Crippen molar-refractivity contribution in [2.75, 3.05) is 66.3 Å². The van der Waals surface area contributed by atoms with E-state index >= 15 is 0 Å². The molecule has 4 aliphatic rings. The standard InChI is InChI=1S/C38H57N3O8/c1-5-16-41(37(44)45-4)34-26-32(39-48-7-3)30-24-27(12-8-10-20-42)29(13-9-11-21-43)35-31-25-28(46-23-19-40-17-18-40)14-15-33(31)49-38(34,36(30)35)47-22-6-2/h6,14-15,24-25,27,29,34-36,42-43H,2,5,7-13,16-23,26H2,1,3-4H3. The molecule has 6 atom stereocenters. The highest BCUT2D eigenvalue weighted by molar-refractivity contribution is 6.02. The summed E-state index contributed by atoms with van der Waals surface area (Å²) in [6.45, 7) is 13.0. The van der Waals surface area contributed by atoms with Crippen LogP contribution in [-0.4, -0.2) is 110 Å². The van der Waals surface area contributed by atoms with Crippen LogP contribution in [0, 0.1) is 17.8 Å². The highest BCUT2D eigenvalue weighted by Gasteiger charge is 2.65. The maximum Gasteiger partial charge on any atom is 0.409 e. The van der Waals surface area contributed by atoms with Crippen molar-refractivity contribution in [1.29, 1.82) is 0 Å². The SMILES string of the molecule is C=CCOC12Oc3ccc(OCCN4CC4)cc3C3C(CCCCO)C(CCCCO)C=C(C(=NOCC)CC1N(CCC)C(=O)OC)C32. The topological polar surface area (TPSA) is 122 Å². The van der Waals surface area contributed by atoms with Crippen LogP contribution in [-0.2, 0) is 14.3 Å². The molecule has 1 saturated carbocycles. The summed E-state index contributed by atoms with van der Waals surface area (Å²) in [6, 6.07) is 5.51. The number of methoxy groups -OCH3 is 1. The third-order valence-corrected chi connectivity index (χ3v) is 10.4. The van der Waals surface area contributed by atoms with Gasteiger partial charge in [0.1, 0.15) is 30.8 Å². The van der Waals surface area contributed by atoms with Crippen LogP contribution in [0.3, 0.4) is 0 Å². The Morgan fingerprint density at radius 2 is 1.94 bits per heavy atom. The molecular formula is C38H57N3O8. The van der Waals surface area contributed by atoms with Crippen LogP contribution in [0.1, 0.15) is 76.7 Å². The average Bonchev–Trinajstić information content (AvgIpc) is 3.94. The van der Waals surface area contributed by atoms with Crippen LogP contribution in [0.25, 0.3) is 0 Å². The lowest BCUT2D eigenvalue weighted by Gasteiger charge is -2.59. The Morgan fingerprint density at radius 3 is 2.61 bits per heavy atom.